The SMILES string of the molecule is COc1cccc(-n2c(C)c(C)c3c2ncn2nc(-c4ccccc4Cl)nc32)c1. The molecule has 6 nitrogen and oxygen atoms in total. The molecule has 0 amide bonds. The van der Waals surface area contributed by atoms with Gasteiger partial charge in [0.2, 0.25) is 0 Å². The molecular formula is C22H18ClN5O. The predicted octanol–water partition coefficient (Wildman–Crippen LogP) is 5.01. The lowest BCUT2D eigenvalue weighted by Crippen LogP contribution is -1.99. The number of hydrogen-bond donors (Lipinski definition) is 0. The highest BCUT2D eigenvalue weighted by Gasteiger charge is 2.20. The summed E-state index contributed by atoms with van der Waals surface area (Å²) in [6, 6.07) is 15.5. The zero-order valence-corrected chi connectivity index (χ0v) is 17.0. The van der Waals surface area contributed by atoms with Crippen molar-refractivity contribution in [1.29, 1.82) is 0 Å². The van der Waals surface area contributed by atoms with E-state index in [-0.39, 0.29) is 0 Å². The normalized spacial score (nSPS) is 11.4. The zero-order valence-electron chi connectivity index (χ0n) is 16.2. The maximum absolute atomic E-state index is 6.35. The first-order valence-electron chi connectivity index (χ1n) is 9.21. The van der Waals surface area contributed by atoms with Crippen LogP contribution in [0.15, 0.2) is 54.9 Å². The van der Waals surface area contributed by atoms with E-state index in [1.807, 2.05) is 48.5 Å². The third-order valence-electron chi connectivity index (χ3n) is 5.26. The topological polar surface area (TPSA) is 57.2 Å². The number of rotatable bonds is 3. The monoisotopic (exact) mass is 403 g/mol. The molecule has 0 fully saturated rings. The Labute approximate surface area is 172 Å². The van der Waals surface area contributed by atoms with Crippen LogP contribution in [-0.4, -0.2) is 31.3 Å². The van der Waals surface area contributed by atoms with E-state index in [0.29, 0.717) is 10.8 Å². The van der Waals surface area contributed by atoms with Crippen LogP contribution in [0.1, 0.15) is 11.3 Å². The Hall–Kier alpha value is -3.38. The highest BCUT2D eigenvalue weighted by Crippen LogP contribution is 2.32. The Kier molecular flexibility index (Phi) is 4.03. The predicted molar refractivity (Wildman–Crippen MR) is 114 cm³/mol. The molecule has 29 heavy (non-hydrogen) atoms. The second-order valence-corrected chi connectivity index (χ2v) is 7.28. The molecule has 2 aromatic carbocycles. The summed E-state index contributed by atoms with van der Waals surface area (Å²) in [5.41, 5.74) is 5.58. The standard InChI is InChI=1S/C22H18ClN5O/c1-13-14(2)28(15-7-6-8-16(11-15)29-3)21-19(13)22-25-20(26-27(22)12-24-21)17-9-4-5-10-18(17)23/h4-12H,1-3H3. The number of aryl methyl sites for hydroxylation is 1. The average molecular weight is 404 g/mol. The van der Waals surface area contributed by atoms with Gasteiger partial charge in [0.1, 0.15) is 12.1 Å². The summed E-state index contributed by atoms with van der Waals surface area (Å²) in [6.07, 6.45) is 1.70. The van der Waals surface area contributed by atoms with Gasteiger partial charge in [0.25, 0.3) is 0 Å². The van der Waals surface area contributed by atoms with Crippen LogP contribution in [0.2, 0.25) is 5.02 Å². The molecule has 0 saturated carbocycles. The maximum atomic E-state index is 6.35. The van der Waals surface area contributed by atoms with Gasteiger partial charge in [0, 0.05) is 17.3 Å². The number of aromatic nitrogens is 5. The fraction of sp³-hybridized carbons (Fsp3) is 0.136. The average Bonchev–Trinajstić information content (AvgIpc) is 3.27. The first kappa shape index (κ1) is 17.7. The minimum absolute atomic E-state index is 0.580. The van der Waals surface area contributed by atoms with Gasteiger partial charge in [-0.25, -0.2) is 14.5 Å². The van der Waals surface area contributed by atoms with Crippen molar-refractivity contribution in [3.63, 3.8) is 0 Å². The molecule has 0 atom stereocenters. The Morgan fingerprint density at radius 1 is 1.00 bits per heavy atom. The van der Waals surface area contributed by atoms with Crippen molar-refractivity contribution >= 4 is 28.3 Å². The van der Waals surface area contributed by atoms with E-state index in [1.165, 1.54) is 0 Å². The van der Waals surface area contributed by atoms with Gasteiger partial charge in [-0.05, 0) is 43.7 Å². The quantitative estimate of drug-likeness (QED) is 0.424. The highest BCUT2D eigenvalue weighted by molar-refractivity contribution is 6.33. The lowest BCUT2D eigenvalue weighted by atomic mass is 10.2. The Morgan fingerprint density at radius 3 is 2.62 bits per heavy atom. The van der Waals surface area contributed by atoms with Gasteiger partial charge in [0.15, 0.2) is 17.1 Å². The van der Waals surface area contributed by atoms with E-state index >= 15 is 0 Å². The second-order valence-electron chi connectivity index (χ2n) is 6.87. The summed E-state index contributed by atoms with van der Waals surface area (Å²) >= 11 is 6.35. The van der Waals surface area contributed by atoms with E-state index in [0.717, 1.165) is 44.9 Å². The van der Waals surface area contributed by atoms with Crippen molar-refractivity contribution < 1.29 is 4.74 Å². The van der Waals surface area contributed by atoms with Crippen LogP contribution in [0.25, 0.3) is 33.8 Å². The van der Waals surface area contributed by atoms with Crippen LogP contribution in [0.5, 0.6) is 5.75 Å². The third kappa shape index (κ3) is 2.68. The summed E-state index contributed by atoms with van der Waals surface area (Å²) in [5.74, 6) is 1.38. The molecule has 0 spiro atoms. The Morgan fingerprint density at radius 2 is 1.83 bits per heavy atom. The molecule has 0 aliphatic carbocycles. The van der Waals surface area contributed by atoms with Gasteiger partial charge in [-0.15, -0.1) is 5.10 Å². The Bertz CT molecular complexity index is 1390. The Balaban J connectivity index is 1.79. The van der Waals surface area contributed by atoms with Crippen molar-refractivity contribution in [2.45, 2.75) is 13.8 Å². The van der Waals surface area contributed by atoms with Crippen LogP contribution in [-0.2, 0) is 0 Å². The molecule has 0 bridgehead atoms. The first-order valence-corrected chi connectivity index (χ1v) is 9.58. The maximum Gasteiger partial charge on any atom is 0.183 e. The van der Waals surface area contributed by atoms with Crippen LogP contribution in [0.4, 0.5) is 0 Å². The fourth-order valence-electron chi connectivity index (χ4n) is 3.68. The van der Waals surface area contributed by atoms with Gasteiger partial charge in [0.05, 0.1) is 23.2 Å². The van der Waals surface area contributed by atoms with E-state index in [9.17, 15) is 0 Å². The van der Waals surface area contributed by atoms with Crippen LogP contribution >= 0.6 is 11.6 Å². The molecule has 0 radical (unpaired) electrons. The summed E-state index contributed by atoms with van der Waals surface area (Å²) in [7, 11) is 1.67. The molecule has 144 valence electrons. The highest BCUT2D eigenvalue weighted by atomic mass is 35.5. The number of methoxy groups -OCH3 is 1. The van der Waals surface area contributed by atoms with Crippen molar-refractivity contribution in [1.82, 2.24) is 24.1 Å². The smallest absolute Gasteiger partial charge is 0.183 e. The number of nitrogens with zero attached hydrogens (tertiary/aromatic N) is 5. The summed E-state index contributed by atoms with van der Waals surface area (Å²) in [6.45, 7) is 4.16. The number of benzene rings is 2. The number of ether oxygens (including phenoxy) is 1. The molecule has 5 aromatic rings. The van der Waals surface area contributed by atoms with Gasteiger partial charge in [-0.3, -0.25) is 4.57 Å². The van der Waals surface area contributed by atoms with Crippen LogP contribution < -0.4 is 4.74 Å². The summed E-state index contributed by atoms with van der Waals surface area (Å²) < 4.78 is 9.23. The first-order chi connectivity index (χ1) is 14.1. The van der Waals surface area contributed by atoms with E-state index in [4.69, 9.17) is 26.3 Å². The van der Waals surface area contributed by atoms with Crippen molar-refractivity contribution in [3.8, 4) is 22.8 Å². The van der Waals surface area contributed by atoms with Crippen LogP contribution in [0.3, 0.4) is 0 Å². The van der Waals surface area contributed by atoms with E-state index < -0.39 is 0 Å². The summed E-state index contributed by atoms with van der Waals surface area (Å²) in [5, 5.41) is 6.19. The van der Waals surface area contributed by atoms with Crippen molar-refractivity contribution in [2.24, 2.45) is 0 Å². The minimum Gasteiger partial charge on any atom is -0.497 e. The molecule has 0 unspecified atom stereocenters. The molecule has 0 aliphatic heterocycles. The fourth-order valence-corrected chi connectivity index (χ4v) is 3.90. The number of hydrogen-bond acceptors (Lipinski definition) is 4. The molecule has 5 rings (SSSR count). The lowest BCUT2D eigenvalue weighted by molar-refractivity contribution is 0.414. The molecular weight excluding hydrogens is 386 g/mol. The molecule has 0 aliphatic rings. The zero-order chi connectivity index (χ0) is 20.1. The van der Waals surface area contributed by atoms with Gasteiger partial charge >= 0.3 is 0 Å². The summed E-state index contributed by atoms with van der Waals surface area (Å²) in [4.78, 5) is 9.51. The molecule has 7 heteroatoms. The van der Waals surface area contributed by atoms with E-state index in [1.54, 1.807) is 18.0 Å². The molecule has 3 aromatic heterocycles. The van der Waals surface area contributed by atoms with Gasteiger partial charge < -0.3 is 4.74 Å². The van der Waals surface area contributed by atoms with Crippen molar-refractivity contribution in [3.05, 3.63) is 71.1 Å². The third-order valence-corrected chi connectivity index (χ3v) is 5.59. The second kappa shape index (κ2) is 6.60. The molecule has 0 N–H and O–H groups in total. The lowest BCUT2D eigenvalue weighted by Gasteiger charge is -2.09. The van der Waals surface area contributed by atoms with E-state index in [2.05, 4.69) is 23.5 Å². The van der Waals surface area contributed by atoms with Gasteiger partial charge in [-0.2, -0.15) is 0 Å². The number of halogens is 1. The minimum atomic E-state index is 0.580. The largest absolute Gasteiger partial charge is 0.497 e. The molecule has 3 heterocycles. The van der Waals surface area contributed by atoms with Crippen molar-refractivity contribution in [2.75, 3.05) is 7.11 Å². The van der Waals surface area contributed by atoms with Gasteiger partial charge in [-0.1, -0.05) is 29.8 Å². The molecule has 0 saturated heterocycles. The number of fused-ring (bicyclic) bond motifs is 3. The van der Waals surface area contributed by atoms with Crippen LogP contribution in [0, 0.1) is 13.8 Å².